The number of carbonyl (C=O) groups is 1. The second-order valence-corrected chi connectivity index (χ2v) is 7.86. The molecule has 1 aliphatic heterocycles. The summed E-state index contributed by atoms with van der Waals surface area (Å²) in [6, 6.07) is 7.61. The quantitative estimate of drug-likeness (QED) is 0.823. The van der Waals surface area contributed by atoms with Gasteiger partial charge < -0.3 is 9.42 Å². The van der Waals surface area contributed by atoms with Crippen LogP contribution >= 0.6 is 11.6 Å². The minimum atomic E-state index is -3.59. The van der Waals surface area contributed by atoms with E-state index in [2.05, 4.69) is 5.16 Å². The molecule has 0 bridgehead atoms. The smallest absolute Gasteiger partial charge is 0.292 e. The van der Waals surface area contributed by atoms with E-state index in [0.29, 0.717) is 23.8 Å². The van der Waals surface area contributed by atoms with Gasteiger partial charge in [0.05, 0.1) is 10.6 Å². The second-order valence-electron chi connectivity index (χ2n) is 5.48. The van der Waals surface area contributed by atoms with Crippen LogP contribution in [0.3, 0.4) is 0 Å². The first kappa shape index (κ1) is 16.9. The number of rotatable bonds is 3. The molecule has 1 aromatic carbocycles. The number of halogens is 1. The van der Waals surface area contributed by atoms with Gasteiger partial charge in [0, 0.05) is 37.3 Å². The Morgan fingerprint density at radius 1 is 1.17 bits per heavy atom. The molecule has 1 aromatic heterocycles. The maximum Gasteiger partial charge on any atom is 0.292 e. The number of aromatic nitrogens is 1. The summed E-state index contributed by atoms with van der Waals surface area (Å²) in [4.78, 5) is 14.0. The Morgan fingerprint density at radius 3 is 2.33 bits per heavy atom. The van der Waals surface area contributed by atoms with Gasteiger partial charge in [-0.1, -0.05) is 16.8 Å². The fourth-order valence-corrected chi connectivity index (χ4v) is 4.06. The lowest BCUT2D eigenvalue weighted by molar-refractivity contribution is 0.0656. The van der Waals surface area contributed by atoms with E-state index in [1.54, 1.807) is 30.0 Å². The molecule has 1 fully saturated rings. The second kappa shape index (κ2) is 6.54. The molecular weight excluding hydrogens is 354 g/mol. The molecule has 0 spiro atoms. The maximum atomic E-state index is 12.6. The molecule has 0 N–H and O–H groups in total. The number of hydrogen-bond acceptors (Lipinski definition) is 5. The highest BCUT2D eigenvalue weighted by Crippen LogP contribution is 2.20. The predicted octanol–water partition coefficient (Wildman–Crippen LogP) is 1.78. The van der Waals surface area contributed by atoms with Crippen molar-refractivity contribution in [3.63, 3.8) is 0 Å². The summed E-state index contributed by atoms with van der Waals surface area (Å²) >= 11 is 5.79. The van der Waals surface area contributed by atoms with Crippen molar-refractivity contribution in [3.05, 3.63) is 46.8 Å². The molecular formula is C15H16ClN3O4S. The number of hydrogen-bond donors (Lipinski definition) is 0. The molecule has 2 aromatic rings. The third-order valence-electron chi connectivity index (χ3n) is 3.82. The zero-order valence-corrected chi connectivity index (χ0v) is 14.5. The fraction of sp³-hybridized carbons (Fsp3) is 0.333. The van der Waals surface area contributed by atoms with Crippen molar-refractivity contribution in [3.8, 4) is 0 Å². The highest BCUT2D eigenvalue weighted by Gasteiger charge is 2.31. The molecule has 1 aliphatic rings. The number of piperazine rings is 1. The molecule has 7 nitrogen and oxygen atoms in total. The first-order valence-electron chi connectivity index (χ1n) is 7.36. The molecule has 0 saturated carbocycles. The highest BCUT2D eigenvalue weighted by molar-refractivity contribution is 7.89. The molecule has 128 valence electrons. The van der Waals surface area contributed by atoms with Gasteiger partial charge in [-0.05, 0) is 31.2 Å². The molecule has 24 heavy (non-hydrogen) atoms. The lowest BCUT2D eigenvalue weighted by Gasteiger charge is -2.33. The minimum Gasteiger partial charge on any atom is -0.351 e. The molecule has 2 heterocycles. The number of sulfonamides is 1. The van der Waals surface area contributed by atoms with Gasteiger partial charge in [0.15, 0.2) is 0 Å². The van der Waals surface area contributed by atoms with Crippen LogP contribution in [0.1, 0.15) is 16.2 Å². The first-order valence-corrected chi connectivity index (χ1v) is 9.18. The average Bonchev–Trinajstić information content (AvgIpc) is 3.01. The summed E-state index contributed by atoms with van der Waals surface area (Å²) in [5.74, 6) is -0.111. The third-order valence-corrected chi connectivity index (χ3v) is 5.98. The Labute approximate surface area is 144 Å². The van der Waals surface area contributed by atoms with Crippen molar-refractivity contribution in [1.29, 1.82) is 0 Å². The van der Waals surface area contributed by atoms with Crippen LogP contribution in [0.5, 0.6) is 0 Å². The monoisotopic (exact) mass is 369 g/mol. The highest BCUT2D eigenvalue weighted by atomic mass is 35.5. The van der Waals surface area contributed by atoms with Crippen LogP contribution in [-0.2, 0) is 10.0 Å². The van der Waals surface area contributed by atoms with Crippen molar-refractivity contribution in [1.82, 2.24) is 14.4 Å². The van der Waals surface area contributed by atoms with E-state index in [1.165, 1.54) is 16.4 Å². The summed E-state index contributed by atoms with van der Waals surface area (Å²) in [5.41, 5.74) is 0.627. The Morgan fingerprint density at radius 2 is 1.79 bits per heavy atom. The molecule has 9 heteroatoms. The number of carbonyl (C=O) groups excluding carboxylic acids is 1. The largest absolute Gasteiger partial charge is 0.351 e. The summed E-state index contributed by atoms with van der Waals surface area (Å²) < 4.78 is 31.5. The van der Waals surface area contributed by atoms with Gasteiger partial charge in [-0.3, -0.25) is 4.79 Å². The Balaban J connectivity index is 1.68. The lowest BCUT2D eigenvalue weighted by Crippen LogP contribution is -2.50. The van der Waals surface area contributed by atoms with E-state index in [-0.39, 0.29) is 29.7 Å². The van der Waals surface area contributed by atoms with Crippen molar-refractivity contribution < 1.29 is 17.7 Å². The summed E-state index contributed by atoms with van der Waals surface area (Å²) in [6.07, 6.45) is 0. The van der Waals surface area contributed by atoms with E-state index in [0.717, 1.165) is 0 Å². The van der Waals surface area contributed by atoms with Crippen molar-refractivity contribution in [2.24, 2.45) is 0 Å². The van der Waals surface area contributed by atoms with Crippen LogP contribution in [0, 0.1) is 6.92 Å². The zero-order chi connectivity index (χ0) is 17.3. The Hall–Kier alpha value is -1.90. The van der Waals surface area contributed by atoms with E-state index >= 15 is 0 Å². The number of benzene rings is 1. The number of aryl methyl sites for hydroxylation is 1. The molecule has 3 rings (SSSR count). The van der Waals surface area contributed by atoms with Gasteiger partial charge in [0.25, 0.3) is 5.91 Å². The standard InChI is InChI=1S/C15H16ClN3O4S/c1-11-10-14(23-17-11)15(20)18-6-8-19(9-7-18)24(21,22)13-4-2-12(16)3-5-13/h2-5,10H,6-9H2,1H3. The van der Waals surface area contributed by atoms with Crippen molar-refractivity contribution in [2.45, 2.75) is 11.8 Å². The third kappa shape index (κ3) is 3.31. The lowest BCUT2D eigenvalue weighted by atomic mass is 10.3. The number of amides is 1. The van der Waals surface area contributed by atoms with E-state index < -0.39 is 10.0 Å². The van der Waals surface area contributed by atoms with Crippen LogP contribution in [0.2, 0.25) is 5.02 Å². The molecule has 0 atom stereocenters. The van der Waals surface area contributed by atoms with Gasteiger partial charge in [-0.2, -0.15) is 4.31 Å². The normalized spacial score (nSPS) is 16.3. The van der Waals surface area contributed by atoms with Crippen LogP contribution < -0.4 is 0 Å². The van der Waals surface area contributed by atoms with Crippen LogP contribution in [0.25, 0.3) is 0 Å². The topological polar surface area (TPSA) is 83.7 Å². The maximum absolute atomic E-state index is 12.6. The minimum absolute atomic E-state index is 0.168. The predicted molar refractivity (Wildman–Crippen MR) is 87.4 cm³/mol. The van der Waals surface area contributed by atoms with Gasteiger partial charge in [0.2, 0.25) is 15.8 Å². The Kier molecular flexibility index (Phi) is 4.62. The number of nitrogens with zero attached hydrogens (tertiary/aromatic N) is 3. The Bertz CT molecular complexity index is 840. The molecule has 1 saturated heterocycles. The van der Waals surface area contributed by atoms with Gasteiger partial charge >= 0.3 is 0 Å². The molecule has 0 radical (unpaired) electrons. The molecule has 0 aliphatic carbocycles. The van der Waals surface area contributed by atoms with E-state index in [9.17, 15) is 13.2 Å². The summed E-state index contributed by atoms with van der Waals surface area (Å²) in [5, 5.41) is 4.17. The summed E-state index contributed by atoms with van der Waals surface area (Å²) in [7, 11) is -3.59. The van der Waals surface area contributed by atoms with Crippen molar-refractivity contribution in [2.75, 3.05) is 26.2 Å². The first-order chi connectivity index (χ1) is 11.4. The molecule has 1 amide bonds. The van der Waals surface area contributed by atoms with E-state index in [1.807, 2.05) is 0 Å². The van der Waals surface area contributed by atoms with Crippen molar-refractivity contribution >= 4 is 27.5 Å². The van der Waals surface area contributed by atoms with Crippen LogP contribution in [0.15, 0.2) is 39.8 Å². The van der Waals surface area contributed by atoms with Crippen LogP contribution in [-0.4, -0.2) is 54.9 Å². The van der Waals surface area contributed by atoms with Gasteiger partial charge in [-0.15, -0.1) is 0 Å². The van der Waals surface area contributed by atoms with E-state index in [4.69, 9.17) is 16.1 Å². The van der Waals surface area contributed by atoms with Crippen LogP contribution in [0.4, 0.5) is 0 Å². The average molecular weight is 370 g/mol. The SMILES string of the molecule is Cc1cc(C(=O)N2CCN(S(=O)(=O)c3ccc(Cl)cc3)CC2)on1. The summed E-state index contributed by atoms with van der Waals surface area (Å²) in [6.45, 7) is 2.78. The fourth-order valence-electron chi connectivity index (χ4n) is 2.51. The molecule has 0 unspecified atom stereocenters. The van der Waals surface area contributed by atoms with Gasteiger partial charge in [0.1, 0.15) is 0 Å². The van der Waals surface area contributed by atoms with Gasteiger partial charge in [-0.25, -0.2) is 8.42 Å². The zero-order valence-electron chi connectivity index (χ0n) is 13.0.